The van der Waals surface area contributed by atoms with E-state index < -0.39 is 0 Å². The van der Waals surface area contributed by atoms with E-state index in [1.165, 1.54) is 0 Å². The summed E-state index contributed by atoms with van der Waals surface area (Å²) in [5.74, 6) is 0.755. The molecule has 65 valence electrons. The van der Waals surface area contributed by atoms with Crippen LogP contribution < -0.4 is 4.74 Å². The van der Waals surface area contributed by atoms with E-state index in [2.05, 4.69) is 28.1 Å². The third kappa shape index (κ3) is 1.54. The van der Waals surface area contributed by atoms with Crippen molar-refractivity contribution >= 4 is 26.7 Å². The van der Waals surface area contributed by atoms with Gasteiger partial charge in [-0.25, -0.2) is 0 Å². The molecule has 0 aliphatic heterocycles. The topological polar surface area (TPSA) is 9.23 Å². The predicted octanol–water partition coefficient (Wildman–Crippen LogP) is 3.41. The van der Waals surface area contributed by atoms with Gasteiger partial charge in [-0.2, -0.15) is 0 Å². The first-order valence-corrected chi connectivity index (χ1v) is 4.75. The van der Waals surface area contributed by atoms with Gasteiger partial charge in [0.1, 0.15) is 5.75 Å². The lowest BCUT2D eigenvalue weighted by Crippen LogP contribution is -1.83. The summed E-state index contributed by atoms with van der Waals surface area (Å²) in [4.78, 5) is 0. The lowest BCUT2D eigenvalue weighted by molar-refractivity contribution is 0.414. The van der Waals surface area contributed by atoms with Gasteiger partial charge in [-0.05, 0) is 16.8 Å². The molecular weight excluding hydrogens is 228 g/mol. The summed E-state index contributed by atoms with van der Waals surface area (Å²) in [6.45, 7) is 0. The molecule has 2 aromatic rings. The molecule has 13 heavy (non-hydrogen) atoms. The van der Waals surface area contributed by atoms with Crippen LogP contribution in [0.2, 0.25) is 0 Å². The normalized spacial score (nSPS) is 10.3. The van der Waals surface area contributed by atoms with Crippen molar-refractivity contribution in [2.75, 3.05) is 7.11 Å². The highest BCUT2D eigenvalue weighted by Crippen LogP contribution is 2.28. The molecule has 0 saturated heterocycles. The van der Waals surface area contributed by atoms with Crippen LogP contribution in [0, 0.1) is 6.07 Å². The molecule has 0 bridgehead atoms. The number of fused-ring (bicyclic) bond motifs is 1. The molecule has 1 radical (unpaired) electrons. The zero-order valence-electron chi connectivity index (χ0n) is 7.17. The summed E-state index contributed by atoms with van der Waals surface area (Å²) < 4.78 is 6.16. The number of halogens is 1. The molecule has 2 rings (SSSR count). The standard InChI is InChI=1S/C11H8BrO/c1-13-9-6-8-4-2-3-5-10(8)11(12)7-9/h2-5,7H,1H3. The fraction of sp³-hybridized carbons (Fsp3) is 0.0909. The maximum atomic E-state index is 5.12. The van der Waals surface area contributed by atoms with Crippen LogP contribution in [0.3, 0.4) is 0 Å². The van der Waals surface area contributed by atoms with Crippen LogP contribution in [0.25, 0.3) is 10.8 Å². The highest BCUT2D eigenvalue weighted by atomic mass is 79.9. The quantitative estimate of drug-likeness (QED) is 0.737. The summed E-state index contributed by atoms with van der Waals surface area (Å²) in [7, 11) is 1.65. The van der Waals surface area contributed by atoms with E-state index in [0.29, 0.717) is 0 Å². The second kappa shape index (κ2) is 3.38. The highest BCUT2D eigenvalue weighted by Gasteiger charge is 2.00. The maximum absolute atomic E-state index is 5.12. The van der Waals surface area contributed by atoms with Crippen LogP contribution in [0.15, 0.2) is 34.8 Å². The van der Waals surface area contributed by atoms with Crippen LogP contribution in [0.5, 0.6) is 5.75 Å². The van der Waals surface area contributed by atoms with Crippen molar-refractivity contribution in [2.45, 2.75) is 0 Å². The van der Waals surface area contributed by atoms with Gasteiger partial charge in [0, 0.05) is 10.5 Å². The van der Waals surface area contributed by atoms with E-state index in [-0.39, 0.29) is 0 Å². The summed E-state index contributed by atoms with van der Waals surface area (Å²) >= 11 is 3.49. The van der Waals surface area contributed by atoms with Gasteiger partial charge < -0.3 is 4.74 Å². The Balaban J connectivity index is 2.77. The third-order valence-corrected chi connectivity index (χ3v) is 2.58. The maximum Gasteiger partial charge on any atom is 0.128 e. The van der Waals surface area contributed by atoms with Crippen LogP contribution in [0.4, 0.5) is 0 Å². The number of benzene rings is 2. The van der Waals surface area contributed by atoms with Crippen molar-refractivity contribution < 1.29 is 4.74 Å². The van der Waals surface area contributed by atoms with Crippen molar-refractivity contribution in [1.29, 1.82) is 0 Å². The van der Waals surface area contributed by atoms with Gasteiger partial charge in [0.2, 0.25) is 0 Å². The summed E-state index contributed by atoms with van der Waals surface area (Å²) in [5.41, 5.74) is 0. The second-order valence-electron chi connectivity index (χ2n) is 2.73. The van der Waals surface area contributed by atoms with Gasteiger partial charge in [0.15, 0.2) is 0 Å². The van der Waals surface area contributed by atoms with E-state index in [1.54, 1.807) is 7.11 Å². The van der Waals surface area contributed by atoms with E-state index in [1.807, 2.05) is 24.3 Å². The molecule has 2 heteroatoms. The molecule has 1 nitrogen and oxygen atoms in total. The first kappa shape index (κ1) is 8.57. The summed E-state index contributed by atoms with van der Waals surface area (Å²) in [5, 5.41) is 2.22. The Labute approximate surface area is 85.5 Å². The van der Waals surface area contributed by atoms with E-state index in [4.69, 9.17) is 4.74 Å². The average molecular weight is 236 g/mol. The Hall–Kier alpha value is -1.02. The van der Waals surface area contributed by atoms with Gasteiger partial charge in [0.25, 0.3) is 0 Å². The van der Waals surface area contributed by atoms with Crippen molar-refractivity contribution in [3.63, 3.8) is 0 Å². The van der Waals surface area contributed by atoms with Gasteiger partial charge in [-0.3, -0.25) is 0 Å². The number of methoxy groups -OCH3 is 1. The van der Waals surface area contributed by atoms with Crippen LogP contribution in [-0.4, -0.2) is 7.11 Å². The van der Waals surface area contributed by atoms with Gasteiger partial charge in [-0.15, -0.1) is 0 Å². The predicted molar refractivity (Wildman–Crippen MR) is 57.0 cm³/mol. The van der Waals surface area contributed by atoms with Gasteiger partial charge in [0.05, 0.1) is 7.11 Å². The van der Waals surface area contributed by atoms with Gasteiger partial charge >= 0.3 is 0 Å². The Morgan fingerprint density at radius 2 is 2.08 bits per heavy atom. The van der Waals surface area contributed by atoms with E-state index >= 15 is 0 Å². The zero-order valence-corrected chi connectivity index (χ0v) is 8.76. The molecule has 0 amide bonds. The second-order valence-corrected chi connectivity index (χ2v) is 3.59. The van der Waals surface area contributed by atoms with Crippen molar-refractivity contribution in [1.82, 2.24) is 0 Å². The molecule has 0 N–H and O–H groups in total. The minimum absolute atomic E-state index is 0.755. The molecular formula is C11H8BrO. The van der Waals surface area contributed by atoms with Crippen LogP contribution in [-0.2, 0) is 0 Å². The third-order valence-electron chi connectivity index (χ3n) is 1.92. The molecule has 0 unspecified atom stereocenters. The summed E-state index contributed by atoms with van der Waals surface area (Å²) in [6.07, 6.45) is 0. The van der Waals surface area contributed by atoms with Crippen LogP contribution >= 0.6 is 15.9 Å². The molecule has 0 aliphatic carbocycles. The monoisotopic (exact) mass is 235 g/mol. The molecule has 0 aliphatic rings. The molecule has 0 aromatic heterocycles. The molecule has 0 atom stereocenters. The first-order chi connectivity index (χ1) is 6.31. The average Bonchev–Trinajstić information content (AvgIpc) is 2.18. The smallest absolute Gasteiger partial charge is 0.128 e. The fourth-order valence-corrected chi connectivity index (χ4v) is 1.83. The van der Waals surface area contributed by atoms with E-state index in [0.717, 1.165) is 21.0 Å². The number of rotatable bonds is 1. The molecule has 0 heterocycles. The molecule has 0 saturated carbocycles. The van der Waals surface area contributed by atoms with Crippen molar-refractivity contribution in [3.8, 4) is 5.75 Å². The first-order valence-electron chi connectivity index (χ1n) is 3.96. The minimum Gasteiger partial charge on any atom is -0.496 e. The van der Waals surface area contributed by atoms with Crippen molar-refractivity contribution in [3.05, 3.63) is 40.9 Å². The Bertz CT molecular complexity index is 437. The lowest BCUT2D eigenvalue weighted by atomic mass is 10.1. The fourth-order valence-electron chi connectivity index (χ4n) is 1.27. The number of hydrogen-bond acceptors (Lipinski definition) is 1. The largest absolute Gasteiger partial charge is 0.496 e. The summed E-state index contributed by atoms with van der Waals surface area (Å²) in [6, 6.07) is 13.1. The van der Waals surface area contributed by atoms with Gasteiger partial charge in [-0.1, -0.05) is 40.2 Å². The van der Waals surface area contributed by atoms with Crippen LogP contribution in [0.1, 0.15) is 0 Å². The Morgan fingerprint density at radius 3 is 2.85 bits per heavy atom. The SMILES string of the molecule is COc1[c]c2ccccc2c(Br)c1. The molecule has 0 fully saturated rings. The Morgan fingerprint density at radius 1 is 1.31 bits per heavy atom. The molecule has 2 aromatic carbocycles. The lowest BCUT2D eigenvalue weighted by Gasteiger charge is -2.03. The van der Waals surface area contributed by atoms with Crippen molar-refractivity contribution in [2.24, 2.45) is 0 Å². The Kier molecular flexibility index (Phi) is 2.23. The number of hydrogen-bond donors (Lipinski definition) is 0. The van der Waals surface area contributed by atoms with E-state index in [9.17, 15) is 0 Å². The molecule has 0 spiro atoms. The zero-order chi connectivity index (χ0) is 9.26. The number of ether oxygens (including phenoxy) is 1. The minimum atomic E-state index is 0.755. The highest BCUT2D eigenvalue weighted by molar-refractivity contribution is 9.10.